The Balaban J connectivity index is 2.59. The first-order valence-corrected chi connectivity index (χ1v) is 6.46. The lowest BCUT2D eigenvalue weighted by Crippen LogP contribution is -2.16. The first-order valence-electron chi connectivity index (χ1n) is 6.46. The summed E-state index contributed by atoms with van der Waals surface area (Å²) in [4.78, 5) is 10.7. The number of carboxylic acid groups (broad SMARTS) is 1. The van der Waals surface area contributed by atoms with Crippen molar-refractivity contribution >= 4 is 22.9 Å². The molecule has 0 bridgehead atoms. The molecule has 1 aromatic carbocycles. The van der Waals surface area contributed by atoms with E-state index in [2.05, 4.69) is 20.8 Å². The van der Waals surface area contributed by atoms with Gasteiger partial charge in [-0.25, -0.2) is 9.18 Å². The van der Waals surface area contributed by atoms with Gasteiger partial charge in [-0.1, -0.05) is 20.8 Å². The Bertz CT molecular complexity index is 678. The smallest absolute Gasteiger partial charge is 0.328 e. The molecule has 20 heavy (non-hydrogen) atoms. The summed E-state index contributed by atoms with van der Waals surface area (Å²) in [5, 5.41) is 9.54. The van der Waals surface area contributed by atoms with Gasteiger partial charge in [-0.2, -0.15) is 0 Å². The molecule has 0 saturated heterocycles. The highest BCUT2D eigenvalue weighted by Gasteiger charge is 2.15. The first kappa shape index (κ1) is 14.3. The van der Waals surface area contributed by atoms with Crippen LogP contribution in [-0.2, 0) is 11.3 Å². The Kier molecular flexibility index (Phi) is 3.66. The van der Waals surface area contributed by atoms with Crippen molar-refractivity contribution in [1.29, 1.82) is 0 Å². The number of aromatic nitrogens is 1. The van der Waals surface area contributed by atoms with E-state index >= 15 is 0 Å². The van der Waals surface area contributed by atoms with Crippen LogP contribution in [0.25, 0.3) is 17.0 Å². The van der Waals surface area contributed by atoms with Gasteiger partial charge in [-0.3, -0.25) is 0 Å². The fourth-order valence-electron chi connectivity index (χ4n) is 2.21. The van der Waals surface area contributed by atoms with E-state index in [4.69, 9.17) is 5.11 Å². The van der Waals surface area contributed by atoms with Crippen molar-refractivity contribution in [1.82, 2.24) is 4.57 Å². The molecule has 0 aliphatic carbocycles. The maximum Gasteiger partial charge on any atom is 0.328 e. The summed E-state index contributed by atoms with van der Waals surface area (Å²) >= 11 is 0. The van der Waals surface area contributed by atoms with E-state index in [-0.39, 0.29) is 11.2 Å². The number of hydrogen-bond acceptors (Lipinski definition) is 1. The van der Waals surface area contributed by atoms with Crippen LogP contribution >= 0.6 is 0 Å². The molecule has 1 heterocycles. The molecule has 0 spiro atoms. The van der Waals surface area contributed by atoms with E-state index in [0.717, 1.165) is 29.2 Å². The van der Waals surface area contributed by atoms with Gasteiger partial charge in [-0.05, 0) is 35.8 Å². The highest BCUT2D eigenvalue weighted by atomic mass is 19.1. The van der Waals surface area contributed by atoms with Gasteiger partial charge in [0.05, 0.1) is 0 Å². The maximum atomic E-state index is 13.3. The third-order valence-electron chi connectivity index (χ3n) is 2.92. The van der Waals surface area contributed by atoms with Crippen molar-refractivity contribution in [2.45, 2.75) is 27.3 Å². The molecule has 3 nitrogen and oxygen atoms in total. The third-order valence-corrected chi connectivity index (χ3v) is 2.92. The standard InChI is InChI=1S/C16H18FNO2/c1-16(2,3)10-18-13(5-7-15(19)20)9-11-8-12(17)4-6-14(11)18/h4-9H,10H2,1-3H3,(H,19,20)/b7-5+. The monoisotopic (exact) mass is 275 g/mol. The molecule has 0 atom stereocenters. The molecule has 0 saturated carbocycles. The highest BCUT2D eigenvalue weighted by Crippen LogP contribution is 2.26. The SMILES string of the molecule is CC(C)(C)Cn1c(/C=C/C(=O)O)cc2cc(F)ccc21. The number of aliphatic carboxylic acids is 1. The van der Waals surface area contributed by atoms with Crippen molar-refractivity contribution in [3.63, 3.8) is 0 Å². The van der Waals surface area contributed by atoms with Crippen molar-refractivity contribution in [2.24, 2.45) is 5.41 Å². The number of fused-ring (bicyclic) bond motifs is 1. The fourth-order valence-corrected chi connectivity index (χ4v) is 2.21. The topological polar surface area (TPSA) is 42.2 Å². The van der Waals surface area contributed by atoms with Crippen LogP contribution in [0.4, 0.5) is 4.39 Å². The molecule has 0 aliphatic heterocycles. The second-order valence-corrected chi connectivity index (χ2v) is 6.09. The van der Waals surface area contributed by atoms with E-state index in [1.165, 1.54) is 12.1 Å². The summed E-state index contributed by atoms with van der Waals surface area (Å²) in [6, 6.07) is 6.43. The highest BCUT2D eigenvalue weighted by molar-refractivity contribution is 5.88. The van der Waals surface area contributed by atoms with Crippen molar-refractivity contribution < 1.29 is 14.3 Å². The minimum Gasteiger partial charge on any atom is -0.478 e. The summed E-state index contributed by atoms with van der Waals surface area (Å²) in [5.41, 5.74) is 1.71. The summed E-state index contributed by atoms with van der Waals surface area (Å²) in [7, 11) is 0. The average Bonchev–Trinajstić information content (AvgIpc) is 2.62. The molecule has 1 N–H and O–H groups in total. The minimum absolute atomic E-state index is 0.0339. The van der Waals surface area contributed by atoms with E-state index < -0.39 is 5.97 Å². The van der Waals surface area contributed by atoms with Gasteiger partial charge in [-0.15, -0.1) is 0 Å². The largest absolute Gasteiger partial charge is 0.478 e. The summed E-state index contributed by atoms with van der Waals surface area (Å²) in [6.07, 6.45) is 2.65. The number of halogens is 1. The molecule has 106 valence electrons. The summed E-state index contributed by atoms with van der Waals surface area (Å²) in [5.74, 6) is -1.29. The summed E-state index contributed by atoms with van der Waals surface area (Å²) < 4.78 is 15.3. The van der Waals surface area contributed by atoms with Crippen molar-refractivity contribution in [3.8, 4) is 0 Å². The molecule has 2 rings (SSSR count). The van der Waals surface area contributed by atoms with Gasteiger partial charge in [0.1, 0.15) is 5.82 Å². The van der Waals surface area contributed by atoms with E-state index in [0.29, 0.717) is 0 Å². The summed E-state index contributed by atoms with van der Waals surface area (Å²) in [6.45, 7) is 7.04. The number of nitrogens with zero attached hydrogens (tertiary/aromatic N) is 1. The van der Waals surface area contributed by atoms with Crippen LogP contribution in [0.15, 0.2) is 30.3 Å². The molecule has 1 aromatic heterocycles. The Morgan fingerprint density at radius 3 is 2.65 bits per heavy atom. The molecule has 2 aromatic rings. The van der Waals surface area contributed by atoms with Gasteiger partial charge >= 0.3 is 5.97 Å². The molecular weight excluding hydrogens is 257 g/mol. The number of hydrogen-bond donors (Lipinski definition) is 1. The molecular formula is C16H18FNO2. The lowest BCUT2D eigenvalue weighted by atomic mass is 9.96. The van der Waals surface area contributed by atoms with E-state index in [1.54, 1.807) is 12.1 Å². The van der Waals surface area contributed by atoms with Gasteiger partial charge in [0.15, 0.2) is 0 Å². The second kappa shape index (κ2) is 5.12. The number of carbonyl (C=O) groups is 1. The Labute approximate surface area is 117 Å². The predicted octanol–water partition coefficient (Wildman–Crippen LogP) is 3.92. The second-order valence-electron chi connectivity index (χ2n) is 6.09. The van der Waals surface area contributed by atoms with E-state index in [1.807, 2.05) is 10.6 Å². The van der Waals surface area contributed by atoms with Crippen molar-refractivity contribution in [2.75, 3.05) is 0 Å². The van der Waals surface area contributed by atoms with Gasteiger partial charge < -0.3 is 9.67 Å². The van der Waals surface area contributed by atoms with Gasteiger partial charge in [0.25, 0.3) is 0 Å². The lowest BCUT2D eigenvalue weighted by Gasteiger charge is -2.21. The zero-order chi connectivity index (χ0) is 14.9. The lowest BCUT2D eigenvalue weighted by molar-refractivity contribution is -0.131. The molecule has 0 fully saturated rings. The van der Waals surface area contributed by atoms with E-state index in [9.17, 15) is 9.18 Å². The van der Waals surface area contributed by atoms with Crippen LogP contribution in [0.3, 0.4) is 0 Å². The molecule has 0 radical (unpaired) electrons. The zero-order valence-corrected chi connectivity index (χ0v) is 11.9. The van der Waals surface area contributed by atoms with Crippen molar-refractivity contribution in [3.05, 3.63) is 41.9 Å². The van der Waals surface area contributed by atoms with Crippen LogP contribution in [-0.4, -0.2) is 15.6 Å². The van der Waals surface area contributed by atoms with Crippen LogP contribution in [0.1, 0.15) is 26.5 Å². The average molecular weight is 275 g/mol. The Morgan fingerprint density at radius 2 is 2.05 bits per heavy atom. The van der Waals surface area contributed by atoms with Gasteiger partial charge in [0, 0.05) is 29.2 Å². The van der Waals surface area contributed by atoms with Crippen LogP contribution in [0.5, 0.6) is 0 Å². The Morgan fingerprint density at radius 1 is 1.35 bits per heavy atom. The predicted molar refractivity (Wildman–Crippen MR) is 78.0 cm³/mol. The first-order chi connectivity index (χ1) is 9.26. The van der Waals surface area contributed by atoms with Gasteiger partial charge in [0.2, 0.25) is 0 Å². The maximum absolute atomic E-state index is 13.3. The van der Waals surface area contributed by atoms with Crippen LogP contribution in [0, 0.1) is 11.2 Å². The van der Waals surface area contributed by atoms with Crippen LogP contribution < -0.4 is 0 Å². The Hall–Kier alpha value is -2.10. The minimum atomic E-state index is -0.997. The number of carboxylic acids is 1. The van der Waals surface area contributed by atoms with Crippen LogP contribution in [0.2, 0.25) is 0 Å². The number of benzene rings is 1. The molecule has 0 amide bonds. The zero-order valence-electron chi connectivity index (χ0n) is 11.9. The fraction of sp³-hybridized carbons (Fsp3) is 0.312. The quantitative estimate of drug-likeness (QED) is 0.862. The molecule has 4 heteroatoms. The molecule has 0 unspecified atom stereocenters. The number of rotatable bonds is 3. The molecule has 0 aliphatic rings. The third kappa shape index (κ3) is 3.26. The normalized spacial score (nSPS) is 12.4.